The molecule has 6 aliphatic rings. The highest BCUT2D eigenvalue weighted by molar-refractivity contribution is 6.10. The highest BCUT2D eigenvalue weighted by Gasteiger charge is 2.39. The minimum Gasteiger partial charge on any atom is -0.294 e. The van der Waals surface area contributed by atoms with Gasteiger partial charge in [-0.3, -0.25) is 9.59 Å². The molecule has 2 saturated carbocycles. The van der Waals surface area contributed by atoms with Crippen molar-refractivity contribution in [2.24, 2.45) is 23.7 Å². The zero-order chi connectivity index (χ0) is 13.7. The maximum atomic E-state index is 12.6. The summed E-state index contributed by atoms with van der Waals surface area (Å²) < 4.78 is 0. The molecule has 0 radical (unpaired) electrons. The van der Waals surface area contributed by atoms with Crippen LogP contribution >= 0.6 is 0 Å². The number of Topliss-reactive ketones (excluding diaryl/α,β-unsaturated/α-hetero) is 2. The Labute approximate surface area is 118 Å². The molecule has 6 aliphatic carbocycles. The van der Waals surface area contributed by atoms with Gasteiger partial charge in [-0.2, -0.15) is 0 Å². The fourth-order valence-corrected chi connectivity index (χ4v) is 3.49. The fourth-order valence-electron chi connectivity index (χ4n) is 3.49. The molecule has 0 aliphatic heterocycles. The Hall–Kier alpha value is -1.88. The molecule has 0 aromatic heterocycles. The van der Waals surface area contributed by atoms with Crippen molar-refractivity contribution in [1.29, 1.82) is 0 Å². The van der Waals surface area contributed by atoms with Crippen LogP contribution in [0.25, 0.3) is 0 Å². The lowest BCUT2D eigenvalue weighted by Gasteiger charge is -2.35. The van der Waals surface area contributed by atoms with E-state index in [1.54, 1.807) is 0 Å². The Bertz CT molecular complexity index is 594. The zero-order valence-corrected chi connectivity index (χ0v) is 11.3. The molecular formula is C18H16O2. The molecule has 2 nitrogen and oxygen atoms in total. The van der Waals surface area contributed by atoms with E-state index in [0.29, 0.717) is 23.0 Å². The summed E-state index contributed by atoms with van der Waals surface area (Å²) in [5.74, 6) is 7.81. The monoisotopic (exact) mass is 264 g/mol. The molecular weight excluding hydrogens is 248 g/mol. The number of rotatable bonds is 0. The third-order valence-corrected chi connectivity index (χ3v) is 4.97. The predicted octanol–water partition coefficient (Wildman–Crippen LogP) is 3.12. The Morgan fingerprint density at radius 3 is 1.55 bits per heavy atom. The van der Waals surface area contributed by atoms with Gasteiger partial charge in [0.15, 0.2) is 11.6 Å². The summed E-state index contributed by atoms with van der Waals surface area (Å²) >= 11 is 0. The molecule has 0 saturated heterocycles. The van der Waals surface area contributed by atoms with Gasteiger partial charge in [0.1, 0.15) is 0 Å². The van der Waals surface area contributed by atoms with Crippen molar-refractivity contribution in [3.63, 3.8) is 0 Å². The first-order valence-electron chi connectivity index (χ1n) is 7.41. The van der Waals surface area contributed by atoms with E-state index in [9.17, 15) is 9.59 Å². The molecule has 0 atom stereocenters. The summed E-state index contributed by atoms with van der Waals surface area (Å²) in [5, 5.41) is 0. The quantitative estimate of drug-likeness (QED) is 0.675. The van der Waals surface area contributed by atoms with Crippen LogP contribution in [-0.2, 0) is 0 Å². The SMILES string of the molecule is O=C1c2ccccc2C(=O)C2CC(C#CC3CC1C3)C2. The van der Waals surface area contributed by atoms with Crippen LogP contribution < -0.4 is 0 Å². The smallest absolute Gasteiger partial charge is 0.166 e. The number of ketones is 2. The first kappa shape index (κ1) is 11.9. The third-order valence-electron chi connectivity index (χ3n) is 4.97. The van der Waals surface area contributed by atoms with E-state index in [-0.39, 0.29) is 23.4 Å². The van der Waals surface area contributed by atoms with Gasteiger partial charge >= 0.3 is 0 Å². The van der Waals surface area contributed by atoms with Crippen LogP contribution in [0, 0.1) is 35.5 Å². The summed E-state index contributed by atoms with van der Waals surface area (Å²) in [6.45, 7) is 0. The lowest BCUT2D eigenvalue weighted by Crippen LogP contribution is -2.35. The standard InChI is InChI=1S/C18H16O2/c19-17-13-7-11(8-13)5-6-12-9-14(10-12)18(20)16-4-2-1-3-15(16)17/h1-4,11-14H,7-10H2. The number of hydrogen-bond acceptors (Lipinski definition) is 2. The largest absolute Gasteiger partial charge is 0.294 e. The molecule has 0 amide bonds. The van der Waals surface area contributed by atoms with E-state index in [2.05, 4.69) is 11.8 Å². The zero-order valence-electron chi connectivity index (χ0n) is 11.3. The van der Waals surface area contributed by atoms with Crippen molar-refractivity contribution in [2.75, 3.05) is 0 Å². The van der Waals surface area contributed by atoms with Crippen LogP contribution in [-0.4, -0.2) is 11.6 Å². The van der Waals surface area contributed by atoms with E-state index < -0.39 is 0 Å². The van der Waals surface area contributed by atoms with Crippen molar-refractivity contribution in [3.8, 4) is 11.8 Å². The van der Waals surface area contributed by atoms with Crippen molar-refractivity contribution >= 4 is 11.6 Å². The van der Waals surface area contributed by atoms with Gasteiger partial charge in [0.05, 0.1) is 0 Å². The number of hydrogen-bond donors (Lipinski definition) is 0. The van der Waals surface area contributed by atoms with Gasteiger partial charge in [-0.15, -0.1) is 0 Å². The van der Waals surface area contributed by atoms with Crippen molar-refractivity contribution in [3.05, 3.63) is 35.4 Å². The predicted molar refractivity (Wildman–Crippen MR) is 75.3 cm³/mol. The summed E-state index contributed by atoms with van der Waals surface area (Å²) in [4.78, 5) is 25.1. The third kappa shape index (κ3) is 1.73. The Kier molecular flexibility index (Phi) is 2.57. The van der Waals surface area contributed by atoms with E-state index in [0.717, 1.165) is 25.7 Å². The molecule has 2 heteroatoms. The highest BCUT2D eigenvalue weighted by Crippen LogP contribution is 2.40. The maximum Gasteiger partial charge on any atom is 0.166 e. The average molecular weight is 264 g/mol. The first-order chi connectivity index (χ1) is 9.72. The molecule has 100 valence electrons. The molecule has 20 heavy (non-hydrogen) atoms. The molecule has 1 aromatic carbocycles. The van der Waals surface area contributed by atoms with Crippen LogP contribution in [0.15, 0.2) is 24.3 Å². The summed E-state index contributed by atoms with van der Waals surface area (Å²) in [6.07, 6.45) is 3.46. The van der Waals surface area contributed by atoms with Crippen LogP contribution in [0.3, 0.4) is 0 Å². The van der Waals surface area contributed by atoms with E-state index in [4.69, 9.17) is 0 Å². The van der Waals surface area contributed by atoms with Crippen LogP contribution in [0.2, 0.25) is 0 Å². The number of carbonyl (C=O) groups excluding carboxylic acids is 2. The number of benzene rings is 1. The van der Waals surface area contributed by atoms with Gasteiger partial charge in [0.25, 0.3) is 0 Å². The van der Waals surface area contributed by atoms with Gasteiger partial charge in [0.2, 0.25) is 0 Å². The second-order valence-electron chi connectivity index (χ2n) is 6.29. The molecule has 0 spiro atoms. The number of carbonyl (C=O) groups is 2. The topological polar surface area (TPSA) is 34.1 Å². The maximum absolute atomic E-state index is 12.6. The summed E-state index contributed by atoms with van der Waals surface area (Å²) in [6, 6.07) is 7.35. The molecule has 4 bridgehead atoms. The van der Waals surface area contributed by atoms with Gasteiger partial charge in [-0.1, -0.05) is 36.1 Å². The van der Waals surface area contributed by atoms with Gasteiger partial charge < -0.3 is 0 Å². The lowest BCUT2D eigenvalue weighted by molar-refractivity contribution is 0.0776. The van der Waals surface area contributed by atoms with E-state index in [1.807, 2.05) is 24.3 Å². The summed E-state index contributed by atoms with van der Waals surface area (Å²) in [5.41, 5.74) is 1.27. The van der Waals surface area contributed by atoms with Crippen LogP contribution in [0.1, 0.15) is 46.4 Å². The normalized spacial score (nSPS) is 34.4. The molecule has 2 fully saturated rings. The van der Waals surface area contributed by atoms with E-state index >= 15 is 0 Å². The Balaban J connectivity index is 1.76. The van der Waals surface area contributed by atoms with Crippen molar-refractivity contribution in [2.45, 2.75) is 25.7 Å². The second-order valence-corrected chi connectivity index (χ2v) is 6.29. The molecule has 0 N–H and O–H groups in total. The molecule has 0 unspecified atom stereocenters. The van der Waals surface area contributed by atoms with Crippen molar-refractivity contribution in [1.82, 2.24) is 0 Å². The molecule has 0 heterocycles. The van der Waals surface area contributed by atoms with Gasteiger partial charge in [-0.05, 0) is 25.7 Å². The summed E-state index contributed by atoms with van der Waals surface area (Å²) in [7, 11) is 0. The second kappa shape index (κ2) is 4.31. The lowest BCUT2D eigenvalue weighted by atomic mass is 9.67. The van der Waals surface area contributed by atoms with Crippen LogP contribution in [0.5, 0.6) is 0 Å². The minimum absolute atomic E-state index is 0.0685. The van der Waals surface area contributed by atoms with Gasteiger partial charge in [-0.25, -0.2) is 0 Å². The van der Waals surface area contributed by atoms with Gasteiger partial charge in [0, 0.05) is 34.8 Å². The molecule has 7 rings (SSSR count). The first-order valence-corrected chi connectivity index (χ1v) is 7.41. The molecule has 1 aromatic rings. The average Bonchev–Trinajstić information content (AvgIpc) is 2.36. The minimum atomic E-state index is 0.0685. The highest BCUT2D eigenvalue weighted by atomic mass is 16.1. The van der Waals surface area contributed by atoms with Crippen molar-refractivity contribution < 1.29 is 9.59 Å². The Morgan fingerprint density at radius 2 is 1.15 bits per heavy atom. The fraction of sp³-hybridized carbons (Fsp3) is 0.444. The van der Waals surface area contributed by atoms with Crippen LogP contribution in [0.4, 0.5) is 0 Å². The Morgan fingerprint density at radius 1 is 0.750 bits per heavy atom. The van der Waals surface area contributed by atoms with E-state index in [1.165, 1.54) is 0 Å².